The minimum absolute atomic E-state index is 0.266. The highest BCUT2D eigenvalue weighted by atomic mass is 19.1. The summed E-state index contributed by atoms with van der Waals surface area (Å²) in [6.45, 7) is 3.74. The van der Waals surface area contributed by atoms with E-state index in [2.05, 4.69) is 0 Å². The lowest BCUT2D eigenvalue weighted by Crippen LogP contribution is -2.36. The van der Waals surface area contributed by atoms with E-state index in [1.165, 1.54) is 6.07 Å². The number of halogens is 2. The van der Waals surface area contributed by atoms with E-state index in [4.69, 9.17) is 5.73 Å². The van der Waals surface area contributed by atoms with Gasteiger partial charge in [0.25, 0.3) is 0 Å². The lowest BCUT2D eigenvalue weighted by atomic mass is 9.85. The maximum Gasteiger partial charge on any atom is 0.128 e. The van der Waals surface area contributed by atoms with Crippen LogP contribution in [0.4, 0.5) is 8.78 Å². The summed E-state index contributed by atoms with van der Waals surface area (Å²) >= 11 is 0. The summed E-state index contributed by atoms with van der Waals surface area (Å²) in [5.74, 6) is -0.879. The predicted octanol–water partition coefficient (Wildman–Crippen LogP) is 2.94. The SMILES string of the molecule is CCC(N)(CC)c1cc(F)ccc1F. The van der Waals surface area contributed by atoms with Gasteiger partial charge in [0.05, 0.1) is 0 Å². The molecule has 0 aromatic heterocycles. The van der Waals surface area contributed by atoms with E-state index >= 15 is 0 Å². The largest absolute Gasteiger partial charge is 0.321 e. The summed E-state index contributed by atoms with van der Waals surface area (Å²) in [6, 6.07) is 3.41. The fraction of sp³-hybridized carbons (Fsp3) is 0.455. The Morgan fingerprint density at radius 1 is 1.21 bits per heavy atom. The smallest absolute Gasteiger partial charge is 0.128 e. The third kappa shape index (κ3) is 1.93. The van der Waals surface area contributed by atoms with Gasteiger partial charge in [0, 0.05) is 11.1 Å². The van der Waals surface area contributed by atoms with Crippen molar-refractivity contribution in [3.05, 3.63) is 35.4 Å². The normalized spacial score (nSPS) is 11.8. The molecule has 0 saturated carbocycles. The number of nitrogens with two attached hydrogens (primary N) is 1. The lowest BCUT2D eigenvalue weighted by molar-refractivity contribution is 0.389. The van der Waals surface area contributed by atoms with Gasteiger partial charge in [0.2, 0.25) is 0 Å². The highest BCUT2D eigenvalue weighted by molar-refractivity contribution is 5.26. The molecule has 0 bridgehead atoms. The van der Waals surface area contributed by atoms with Crippen LogP contribution in [0.1, 0.15) is 32.3 Å². The van der Waals surface area contributed by atoms with E-state index in [9.17, 15) is 8.78 Å². The standard InChI is InChI=1S/C11H15F2N/c1-3-11(14,4-2)9-7-8(12)5-6-10(9)13/h5-7H,3-4,14H2,1-2H3. The van der Waals surface area contributed by atoms with Gasteiger partial charge >= 0.3 is 0 Å². The number of rotatable bonds is 3. The molecule has 0 spiro atoms. The van der Waals surface area contributed by atoms with Crippen LogP contribution in [0.15, 0.2) is 18.2 Å². The third-order valence-electron chi connectivity index (χ3n) is 2.73. The first-order valence-electron chi connectivity index (χ1n) is 4.78. The van der Waals surface area contributed by atoms with Gasteiger partial charge in [-0.15, -0.1) is 0 Å². The Bertz CT molecular complexity index is 319. The minimum atomic E-state index is -0.758. The molecule has 1 aromatic carbocycles. The van der Waals surface area contributed by atoms with Crippen molar-refractivity contribution in [2.45, 2.75) is 32.2 Å². The Morgan fingerprint density at radius 3 is 2.29 bits per heavy atom. The van der Waals surface area contributed by atoms with E-state index < -0.39 is 17.2 Å². The number of hydrogen-bond donors (Lipinski definition) is 1. The molecule has 0 fully saturated rings. The van der Waals surface area contributed by atoms with E-state index in [0.717, 1.165) is 12.1 Å². The molecule has 0 aliphatic carbocycles. The molecular weight excluding hydrogens is 184 g/mol. The van der Waals surface area contributed by atoms with Crippen LogP contribution in [0.25, 0.3) is 0 Å². The fourth-order valence-corrected chi connectivity index (χ4v) is 1.51. The van der Waals surface area contributed by atoms with Crippen molar-refractivity contribution < 1.29 is 8.78 Å². The lowest BCUT2D eigenvalue weighted by Gasteiger charge is -2.27. The average molecular weight is 199 g/mol. The minimum Gasteiger partial charge on any atom is -0.321 e. The van der Waals surface area contributed by atoms with Crippen molar-refractivity contribution in [2.75, 3.05) is 0 Å². The Hall–Kier alpha value is -0.960. The van der Waals surface area contributed by atoms with Crippen LogP contribution in [-0.4, -0.2) is 0 Å². The zero-order chi connectivity index (χ0) is 10.8. The fourth-order valence-electron chi connectivity index (χ4n) is 1.51. The monoisotopic (exact) mass is 199 g/mol. The zero-order valence-electron chi connectivity index (χ0n) is 8.48. The molecule has 14 heavy (non-hydrogen) atoms. The van der Waals surface area contributed by atoms with Crippen LogP contribution in [0.5, 0.6) is 0 Å². The highest BCUT2D eigenvalue weighted by Gasteiger charge is 2.26. The van der Waals surface area contributed by atoms with Gasteiger partial charge < -0.3 is 5.73 Å². The van der Waals surface area contributed by atoms with Gasteiger partial charge in [-0.2, -0.15) is 0 Å². The van der Waals surface area contributed by atoms with Crippen molar-refractivity contribution >= 4 is 0 Å². The molecular formula is C11H15F2N. The van der Waals surface area contributed by atoms with Gasteiger partial charge in [-0.1, -0.05) is 13.8 Å². The molecule has 0 radical (unpaired) electrons. The molecule has 0 saturated heterocycles. The summed E-state index contributed by atoms with van der Waals surface area (Å²) in [7, 11) is 0. The maximum absolute atomic E-state index is 13.4. The second kappa shape index (κ2) is 4.05. The van der Waals surface area contributed by atoms with Crippen molar-refractivity contribution in [3.8, 4) is 0 Å². The predicted molar refractivity (Wildman–Crippen MR) is 52.8 cm³/mol. The van der Waals surface area contributed by atoms with Crippen LogP contribution in [0.3, 0.4) is 0 Å². The number of hydrogen-bond acceptors (Lipinski definition) is 1. The Kier molecular flexibility index (Phi) is 3.21. The van der Waals surface area contributed by atoms with Gasteiger partial charge in [0.1, 0.15) is 11.6 Å². The van der Waals surface area contributed by atoms with E-state index in [-0.39, 0.29) is 5.56 Å². The summed E-state index contributed by atoms with van der Waals surface area (Å²) < 4.78 is 26.3. The van der Waals surface area contributed by atoms with Crippen LogP contribution >= 0.6 is 0 Å². The molecule has 2 N–H and O–H groups in total. The van der Waals surface area contributed by atoms with Gasteiger partial charge in [-0.05, 0) is 31.0 Å². The van der Waals surface area contributed by atoms with E-state index in [1.54, 1.807) is 0 Å². The summed E-state index contributed by atoms with van der Waals surface area (Å²) in [6.07, 6.45) is 1.17. The average Bonchev–Trinajstić information content (AvgIpc) is 2.20. The first-order chi connectivity index (χ1) is 6.53. The molecule has 0 amide bonds. The first kappa shape index (κ1) is 11.1. The van der Waals surface area contributed by atoms with Crippen molar-refractivity contribution in [2.24, 2.45) is 5.73 Å². The molecule has 1 nitrogen and oxygen atoms in total. The molecule has 0 heterocycles. The van der Waals surface area contributed by atoms with Crippen LogP contribution in [0.2, 0.25) is 0 Å². The molecule has 0 aliphatic heterocycles. The summed E-state index contributed by atoms with van der Waals surface area (Å²) in [5.41, 5.74) is 5.49. The van der Waals surface area contributed by atoms with E-state index in [0.29, 0.717) is 12.8 Å². The van der Waals surface area contributed by atoms with Gasteiger partial charge in [0.15, 0.2) is 0 Å². The maximum atomic E-state index is 13.4. The van der Waals surface area contributed by atoms with E-state index in [1.807, 2.05) is 13.8 Å². The zero-order valence-corrected chi connectivity index (χ0v) is 8.48. The van der Waals surface area contributed by atoms with Crippen molar-refractivity contribution in [3.63, 3.8) is 0 Å². The molecule has 78 valence electrons. The Labute approximate surface area is 82.9 Å². The Balaban J connectivity index is 3.22. The van der Waals surface area contributed by atoms with Crippen LogP contribution < -0.4 is 5.73 Å². The molecule has 1 aromatic rings. The molecule has 0 aliphatic rings. The van der Waals surface area contributed by atoms with Crippen LogP contribution in [0, 0.1) is 11.6 Å². The molecule has 1 rings (SSSR count). The molecule has 3 heteroatoms. The first-order valence-corrected chi connectivity index (χ1v) is 4.78. The van der Waals surface area contributed by atoms with Crippen molar-refractivity contribution in [1.82, 2.24) is 0 Å². The topological polar surface area (TPSA) is 26.0 Å². The van der Waals surface area contributed by atoms with Gasteiger partial charge in [-0.25, -0.2) is 8.78 Å². The second-order valence-electron chi connectivity index (χ2n) is 3.49. The molecule has 0 unspecified atom stereocenters. The Morgan fingerprint density at radius 2 is 1.79 bits per heavy atom. The van der Waals surface area contributed by atoms with Gasteiger partial charge in [-0.3, -0.25) is 0 Å². The van der Waals surface area contributed by atoms with Crippen LogP contribution in [-0.2, 0) is 5.54 Å². The molecule has 0 atom stereocenters. The summed E-state index contributed by atoms with van der Waals surface area (Å²) in [4.78, 5) is 0. The number of benzene rings is 1. The second-order valence-corrected chi connectivity index (χ2v) is 3.49. The third-order valence-corrected chi connectivity index (χ3v) is 2.73. The summed E-state index contributed by atoms with van der Waals surface area (Å²) in [5, 5.41) is 0. The highest BCUT2D eigenvalue weighted by Crippen LogP contribution is 2.28. The quantitative estimate of drug-likeness (QED) is 0.795. The van der Waals surface area contributed by atoms with Crippen molar-refractivity contribution in [1.29, 1.82) is 0 Å².